The Hall–Kier alpha value is -4.34. The number of anilines is 1. The van der Waals surface area contributed by atoms with Crippen LogP contribution in [0.3, 0.4) is 0 Å². The monoisotopic (exact) mass is 650 g/mol. The molecular formula is C29H42N6O9S. The summed E-state index contributed by atoms with van der Waals surface area (Å²) in [4.78, 5) is 85.8. The van der Waals surface area contributed by atoms with E-state index in [2.05, 4.69) is 38.6 Å². The summed E-state index contributed by atoms with van der Waals surface area (Å²) in [6, 6.07) is 3.60. The van der Waals surface area contributed by atoms with Crippen molar-refractivity contribution in [3.05, 3.63) is 29.8 Å². The number of primary amides is 1. The molecule has 1 aromatic carbocycles. The number of nitrogens with two attached hydrogens (primary N) is 1. The lowest BCUT2D eigenvalue weighted by Gasteiger charge is -2.25. The quantitative estimate of drug-likeness (QED) is 0.0528. The number of rotatable bonds is 18. The van der Waals surface area contributed by atoms with Gasteiger partial charge in [-0.3, -0.25) is 28.9 Å². The Morgan fingerprint density at radius 2 is 1.71 bits per heavy atom. The summed E-state index contributed by atoms with van der Waals surface area (Å²) in [5.74, 6) is -2.31. The van der Waals surface area contributed by atoms with Crippen LogP contribution in [-0.2, 0) is 35.3 Å². The largest absolute Gasteiger partial charge is 0.506 e. The van der Waals surface area contributed by atoms with Crippen LogP contribution in [0, 0.1) is 5.92 Å². The molecule has 1 fully saturated rings. The molecule has 1 aliphatic heterocycles. The van der Waals surface area contributed by atoms with Crippen molar-refractivity contribution < 1.29 is 43.4 Å². The fourth-order valence-corrected chi connectivity index (χ4v) is 4.82. The molecule has 0 spiro atoms. The number of carbonyl (C=O) groups excluding carboxylic acids is 6. The number of benzene rings is 1. The first-order valence-electron chi connectivity index (χ1n) is 14.7. The Kier molecular flexibility index (Phi) is 15.1. The van der Waals surface area contributed by atoms with E-state index in [1.54, 1.807) is 38.1 Å². The van der Waals surface area contributed by atoms with Gasteiger partial charge in [0.05, 0.1) is 5.25 Å². The second-order valence-corrected chi connectivity index (χ2v) is 11.6. The standard InChI is InChI=1S/C29H42N6O9S/c1-17(2)24(34-22(36)8-4-3-5-14-35-23(37)15-21(45)27(35)40)26(39)33-20(7-6-13-31-28(30)41)25(38)32-19-11-9-18(10-12-19)16-44-29(42)43/h9-12,17,20-21,24,45H,3-8,13-16H2,1-2H3,(H,32,38)(H,33,39)(H,34,36)(H,42,43)(H3,30,31,41)/t20-,21?,24?/m0/s1. The van der Waals surface area contributed by atoms with E-state index >= 15 is 0 Å². The Bertz CT molecular complexity index is 1230. The Balaban J connectivity index is 1.93. The first-order chi connectivity index (χ1) is 21.3. The van der Waals surface area contributed by atoms with Crippen molar-refractivity contribution in [1.82, 2.24) is 20.9 Å². The molecule has 0 radical (unpaired) electrons. The smallest absolute Gasteiger partial charge is 0.450 e. The third kappa shape index (κ3) is 13.0. The van der Waals surface area contributed by atoms with Gasteiger partial charge in [-0.25, -0.2) is 9.59 Å². The zero-order valence-corrected chi connectivity index (χ0v) is 26.3. The Morgan fingerprint density at radius 1 is 1.02 bits per heavy atom. The van der Waals surface area contributed by atoms with Crippen LogP contribution in [0.4, 0.5) is 15.3 Å². The van der Waals surface area contributed by atoms with Crippen molar-refractivity contribution in [2.24, 2.45) is 11.7 Å². The van der Waals surface area contributed by atoms with E-state index in [4.69, 9.17) is 10.8 Å². The molecule has 1 saturated heterocycles. The Labute approximate surface area is 266 Å². The van der Waals surface area contributed by atoms with E-state index < -0.39 is 41.3 Å². The number of unbranched alkanes of at least 4 members (excludes halogenated alkanes) is 2. The zero-order chi connectivity index (χ0) is 33.5. The van der Waals surface area contributed by atoms with Gasteiger partial charge >= 0.3 is 12.2 Å². The predicted octanol–water partition coefficient (Wildman–Crippen LogP) is 1.51. The average Bonchev–Trinajstić information content (AvgIpc) is 3.21. The minimum Gasteiger partial charge on any atom is -0.450 e. The number of nitrogens with one attached hydrogen (secondary N) is 4. The third-order valence-electron chi connectivity index (χ3n) is 6.96. The number of hydrogen-bond acceptors (Lipinski definition) is 9. The van der Waals surface area contributed by atoms with Crippen LogP contribution >= 0.6 is 12.6 Å². The van der Waals surface area contributed by atoms with Gasteiger partial charge in [0.1, 0.15) is 18.7 Å². The number of urea groups is 1. The number of nitrogens with zero attached hydrogens (tertiary/aromatic N) is 1. The van der Waals surface area contributed by atoms with Gasteiger partial charge in [-0.15, -0.1) is 0 Å². The molecule has 3 atom stereocenters. The number of likely N-dealkylation sites (tertiary alicyclic amines) is 1. The zero-order valence-electron chi connectivity index (χ0n) is 25.4. The molecule has 45 heavy (non-hydrogen) atoms. The number of carbonyl (C=O) groups is 7. The highest BCUT2D eigenvalue weighted by Crippen LogP contribution is 2.19. The van der Waals surface area contributed by atoms with Gasteiger partial charge in [0, 0.05) is 31.6 Å². The number of thiol groups is 1. The van der Waals surface area contributed by atoms with Crippen LogP contribution in [0.5, 0.6) is 0 Å². The first kappa shape index (κ1) is 36.8. The van der Waals surface area contributed by atoms with Gasteiger partial charge in [-0.05, 0) is 49.3 Å². The molecule has 0 aliphatic carbocycles. The summed E-state index contributed by atoms with van der Waals surface area (Å²) in [5.41, 5.74) is 6.07. The maximum atomic E-state index is 13.3. The minimum atomic E-state index is -1.41. The molecule has 15 nitrogen and oxygen atoms in total. The first-order valence-corrected chi connectivity index (χ1v) is 15.2. The predicted molar refractivity (Wildman–Crippen MR) is 166 cm³/mol. The van der Waals surface area contributed by atoms with Crippen molar-refractivity contribution >= 4 is 60.0 Å². The number of carboxylic acid groups (broad SMARTS) is 1. The highest BCUT2D eigenvalue weighted by atomic mass is 32.1. The maximum Gasteiger partial charge on any atom is 0.506 e. The number of amides is 7. The van der Waals surface area contributed by atoms with Crippen LogP contribution in [0.2, 0.25) is 0 Å². The van der Waals surface area contributed by atoms with E-state index in [-0.39, 0.29) is 62.6 Å². The fraction of sp³-hybridized carbons (Fsp3) is 0.552. The van der Waals surface area contributed by atoms with Crippen molar-refractivity contribution in [2.45, 2.75) is 82.7 Å². The lowest BCUT2D eigenvalue weighted by atomic mass is 10.0. The van der Waals surface area contributed by atoms with E-state index in [1.165, 1.54) is 4.90 Å². The van der Waals surface area contributed by atoms with Crippen LogP contribution in [0.1, 0.15) is 64.4 Å². The summed E-state index contributed by atoms with van der Waals surface area (Å²) in [6.07, 6.45) is 0.891. The van der Waals surface area contributed by atoms with Gasteiger partial charge in [-0.1, -0.05) is 32.4 Å². The molecule has 7 N–H and O–H groups in total. The normalized spacial score (nSPS) is 15.7. The third-order valence-corrected chi connectivity index (χ3v) is 7.36. The van der Waals surface area contributed by atoms with Gasteiger partial charge < -0.3 is 36.8 Å². The summed E-state index contributed by atoms with van der Waals surface area (Å²) in [6.45, 7) is 3.80. The van der Waals surface area contributed by atoms with E-state index in [9.17, 15) is 33.6 Å². The average molecular weight is 651 g/mol. The van der Waals surface area contributed by atoms with Crippen molar-refractivity contribution in [3.8, 4) is 0 Å². The topological polar surface area (TPSA) is 226 Å². The van der Waals surface area contributed by atoms with Crippen molar-refractivity contribution in [1.29, 1.82) is 0 Å². The Morgan fingerprint density at radius 3 is 2.29 bits per heavy atom. The molecule has 0 saturated carbocycles. The van der Waals surface area contributed by atoms with Crippen molar-refractivity contribution in [2.75, 3.05) is 18.4 Å². The lowest BCUT2D eigenvalue weighted by molar-refractivity contribution is -0.138. The van der Waals surface area contributed by atoms with E-state index in [0.717, 1.165) is 0 Å². The number of hydrogen-bond donors (Lipinski definition) is 7. The molecule has 1 aliphatic rings. The molecule has 2 unspecified atom stereocenters. The fourth-order valence-electron chi connectivity index (χ4n) is 4.52. The van der Waals surface area contributed by atoms with Crippen LogP contribution in [0.25, 0.3) is 0 Å². The molecule has 7 amide bonds. The van der Waals surface area contributed by atoms with Gasteiger partial charge in [0.15, 0.2) is 0 Å². The molecular weight excluding hydrogens is 608 g/mol. The van der Waals surface area contributed by atoms with Crippen LogP contribution in [0.15, 0.2) is 24.3 Å². The van der Waals surface area contributed by atoms with Gasteiger partial charge in [0.2, 0.25) is 29.5 Å². The van der Waals surface area contributed by atoms with Crippen LogP contribution in [-0.4, -0.2) is 82.2 Å². The minimum absolute atomic E-state index is 0.0922. The molecule has 0 aromatic heterocycles. The molecule has 16 heteroatoms. The molecule has 1 heterocycles. The van der Waals surface area contributed by atoms with E-state index in [1.807, 2.05) is 0 Å². The number of ether oxygens (including phenoxy) is 1. The molecule has 2 rings (SSSR count). The molecule has 0 bridgehead atoms. The molecule has 248 valence electrons. The molecule has 1 aromatic rings. The second kappa shape index (κ2) is 18.5. The summed E-state index contributed by atoms with van der Waals surface area (Å²) in [5, 5.41) is 18.6. The van der Waals surface area contributed by atoms with Crippen LogP contribution < -0.4 is 27.0 Å². The van der Waals surface area contributed by atoms with E-state index in [0.29, 0.717) is 36.9 Å². The number of imide groups is 1. The van der Waals surface area contributed by atoms with Gasteiger partial charge in [-0.2, -0.15) is 12.6 Å². The lowest BCUT2D eigenvalue weighted by Crippen LogP contribution is -2.54. The summed E-state index contributed by atoms with van der Waals surface area (Å²) >= 11 is 4.10. The maximum absolute atomic E-state index is 13.3. The highest BCUT2D eigenvalue weighted by molar-refractivity contribution is 7.81. The summed E-state index contributed by atoms with van der Waals surface area (Å²) < 4.78 is 4.52. The second-order valence-electron chi connectivity index (χ2n) is 10.9. The summed E-state index contributed by atoms with van der Waals surface area (Å²) in [7, 11) is 0. The highest BCUT2D eigenvalue weighted by Gasteiger charge is 2.35. The SMILES string of the molecule is CC(C)C(NC(=O)CCCCCN1C(=O)CC(S)C1=O)C(=O)N[C@@H](CCCNC(N)=O)C(=O)Nc1ccc(COC(=O)O)cc1. The van der Waals surface area contributed by atoms with Crippen molar-refractivity contribution in [3.63, 3.8) is 0 Å². The van der Waals surface area contributed by atoms with Gasteiger partial charge in [0.25, 0.3) is 0 Å².